The van der Waals surface area contributed by atoms with Gasteiger partial charge in [0, 0.05) is 17.6 Å². The van der Waals surface area contributed by atoms with Gasteiger partial charge >= 0.3 is 12.1 Å². The molecule has 0 saturated heterocycles. The van der Waals surface area contributed by atoms with Crippen molar-refractivity contribution in [3.8, 4) is 12.3 Å². The molecule has 0 aliphatic heterocycles. The van der Waals surface area contributed by atoms with Crippen LogP contribution in [0.1, 0.15) is 78.5 Å². The standard InChI is InChI=1S/C29H43N3O6S/c1-10-20-14-12-13-15-21(20)24(25(34)30-18-16-23(33)37-11-2)32(28(3,4)5)26(35)22(17-19-39-9)31-27(36)38-29(6,7)8/h1,12-15,22,24H,11,16-19H2,2-9H3,(H,30,34)(H,31,36). The summed E-state index contributed by atoms with van der Waals surface area (Å²) >= 11 is 1.53. The van der Waals surface area contributed by atoms with Gasteiger partial charge in [0.05, 0.1) is 13.0 Å². The molecule has 0 bridgehead atoms. The van der Waals surface area contributed by atoms with E-state index in [1.807, 2.05) is 6.26 Å². The molecule has 216 valence electrons. The number of benzene rings is 1. The van der Waals surface area contributed by atoms with Gasteiger partial charge < -0.3 is 25.0 Å². The number of terminal acetylenes is 1. The number of hydrogen-bond donors (Lipinski definition) is 2. The third kappa shape index (κ3) is 11.2. The highest BCUT2D eigenvalue weighted by Gasteiger charge is 2.42. The lowest BCUT2D eigenvalue weighted by atomic mass is 9.92. The van der Waals surface area contributed by atoms with Crippen molar-refractivity contribution in [2.45, 2.75) is 84.5 Å². The molecular weight excluding hydrogens is 518 g/mol. The van der Waals surface area contributed by atoms with Crippen LogP contribution in [0.4, 0.5) is 4.79 Å². The first-order valence-electron chi connectivity index (χ1n) is 13.0. The fraction of sp³-hybridized carbons (Fsp3) is 0.586. The molecule has 9 nitrogen and oxygen atoms in total. The number of alkyl carbamates (subject to hydrolysis) is 1. The van der Waals surface area contributed by atoms with Crippen molar-refractivity contribution < 1.29 is 28.7 Å². The van der Waals surface area contributed by atoms with E-state index in [9.17, 15) is 19.2 Å². The summed E-state index contributed by atoms with van der Waals surface area (Å²) in [6.45, 7) is 12.6. The van der Waals surface area contributed by atoms with Crippen molar-refractivity contribution in [1.82, 2.24) is 15.5 Å². The lowest BCUT2D eigenvalue weighted by Gasteiger charge is -2.43. The quantitative estimate of drug-likeness (QED) is 0.292. The number of ether oxygens (including phenoxy) is 2. The molecule has 3 amide bonds. The van der Waals surface area contributed by atoms with E-state index in [2.05, 4.69) is 16.6 Å². The Balaban J connectivity index is 3.55. The predicted molar refractivity (Wildman–Crippen MR) is 154 cm³/mol. The first-order chi connectivity index (χ1) is 18.2. The Morgan fingerprint density at radius 1 is 1.10 bits per heavy atom. The number of esters is 1. The van der Waals surface area contributed by atoms with Gasteiger partial charge in [0.1, 0.15) is 17.7 Å². The molecule has 0 spiro atoms. The van der Waals surface area contributed by atoms with Crippen LogP contribution in [-0.2, 0) is 23.9 Å². The maximum absolute atomic E-state index is 14.2. The van der Waals surface area contributed by atoms with Gasteiger partial charge in [-0.25, -0.2) is 4.79 Å². The van der Waals surface area contributed by atoms with Gasteiger partial charge in [-0.05, 0) is 78.5 Å². The normalized spacial score (nSPS) is 12.9. The van der Waals surface area contributed by atoms with Crippen molar-refractivity contribution in [3.63, 3.8) is 0 Å². The molecule has 2 atom stereocenters. The molecule has 1 aromatic carbocycles. The van der Waals surface area contributed by atoms with Gasteiger partial charge in [-0.15, -0.1) is 6.42 Å². The molecule has 39 heavy (non-hydrogen) atoms. The van der Waals surface area contributed by atoms with Crippen molar-refractivity contribution in [1.29, 1.82) is 0 Å². The third-order valence-electron chi connectivity index (χ3n) is 5.41. The largest absolute Gasteiger partial charge is 0.466 e. The Morgan fingerprint density at radius 2 is 1.74 bits per heavy atom. The molecule has 0 saturated carbocycles. The molecule has 0 aromatic heterocycles. The monoisotopic (exact) mass is 561 g/mol. The van der Waals surface area contributed by atoms with Crippen LogP contribution in [0.5, 0.6) is 0 Å². The number of nitrogens with zero attached hydrogens (tertiary/aromatic N) is 1. The van der Waals surface area contributed by atoms with Gasteiger partial charge in [-0.3, -0.25) is 14.4 Å². The second kappa shape index (κ2) is 15.4. The van der Waals surface area contributed by atoms with Crippen LogP contribution in [0.25, 0.3) is 0 Å². The molecule has 10 heteroatoms. The van der Waals surface area contributed by atoms with Crippen LogP contribution < -0.4 is 10.6 Å². The van der Waals surface area contributed by atoms with Gasteiger partial charge in [0.2, 0.25) is 11.8 Å². The molecule has 0 aliphatic rings. The third-order valence-corrected chi connectivity index (χ3v) is 6.05. The molecule has 2 unspecified atom stereocenters. The van der Waals surface area contributed by atoms with E-state index in [1.165, 1.54) is 16.7 Å². The minimum Gasteiger partial charge on any atom is -0.466 e. The second-order valence-corrected chi connectivity index (χ2v) is 11.8. The first-order valence-corrected chi connectivity index (χ1v) is 14.4. The molecule has 0 aliphatic carbocycles. The summed E-state index contributed by atoms with van der Waals surface area (Å²) in [6.07, 6.45) is 7.24. The maximum atomic E-state index is 14.2. The molecule has 1 aromatic rings. The van der Waals surface area contributed by atoms with E-state index in [0.717, 1.165) is 0 Å². The van der Waals surface area contributed by atoms with Crippen LogP contribution in [0.3, 0.4) is 0 Å². The Hall–Kier alpha value is -3.19. The number of thioether (sulfide) groups is 1. The van der Waals surface area contributed by atoms with E-state index in [1.54, 1.807) is 72.7 Å². The van der Waals surface area contributed by atoms with Gasteiger partial charge in [0.15, 0.2) is 0 Å². The van der Waals surface area contributed by atoms with Crippen LogP contribution in [-0.4, -0.2) is 71.1 Å². The van der Waals surface area contributed by atoms with Gasteiger partial charge in [0.25, 0.3) is 0 Å². The fourth-order valence-corrected chi connectivity index (χ4v) is 4.31. The Bertz CT molecular complexity index is 1040. The first kappa shape index (κ1) is 33.8. The molecular formula is C29H43N3O6S. The fourth-order valence-electron chi connectivity index (χ4n) is 3.84. The maximum Gasteiger partial charge on any atom is 0.408 e. The smallest absolute Gasteiger partial charge is 0.408 e. The zero-order valence-electron chi connectivity index (χ0n) is 24.4. The number of nitrogens with one attached hydrogen (secondary N) is 2. The number of carbonyl (C=O) groups is 4. The van der Waals surface area contributed by atoms with E-state index >= 15 is 0 Å². The Kier molecular flexibility index (Phi) is 13.4. The summed E-state index contributed by atoms with van der Waals surface area (Å²) in [5, 5.41) is 5.47. The highest BCUT2D eigenvalue weighted by atomic mass is 32.2. The molecule has 1 rings (SSSR count). The number of carbonyl (C=O) groups excluding carboxylic acids is 4. The van der Waals surface area contributed by atoms with Gasteiger partial charge in [-0.2, -0.15) is 11.8 Å². The van der Waals surface area contributed by atoms with Crippen molar-refractivity contribution in [3.05, 3.63) is 35.4 Å². The molecule has 0 fully saturated rings. The summed E-state index contributed by atoms with van der Waals surface area (Å²) in [4.78, 5) is 53.9. The van der Waals surface area contributed by atoms with Crippen molar-refractivity contribution >= 4 is 35.6 Å². The summed E-state index contributed by atoms with van der Waals surface area (Å²) in [5.41, 5.74) is -0.716. The van der Waals surface area contributed by atoms with Crippen LogP contribution >= 0.6 is 11.8 Å². The van der Waals surface area contributed by atoms with E-state index in [0.29, 0.717) is 23.3 Å². The Labute approximate surface area is 237 Å². The number of rotatable bonds is 12. The number of hydrogen-bond acceptors (Lipinski definition) is 7. The minimum absolute atomic E-state index is 0.0185. The lowest BCUT2D eigenvalue weighted by Crippen LogP contribution is -2.59. The van der Waals surface area contributed by atoms with E-state index < -0.39 is 47.1 Å². The molecule has 0 radical (unpaired) electrons. The Morgan fingerprint density at radius 3 is 2.28 bits per heavy atom. The van der Waals surface area contributed by atoms with E-state index in [-0.39, 0.29) is 19.6 Å². The molecule has 0 heterocycles. The lowest BCUT2D eigenvalue weighted by molar-refractivity contribution is -0.149. The average Bonchev–Trinajstić information content (AvgIpc) is 2.82. The van der Waals surface area contributed by atoms with Gasteiger partial charge in [-0.1, -0.05) is 24.1 Å². The zero-order valence-corrected chi connectivity index (χ0v) is 25.2. The van der Waals surface area contributed by atoms with Crippen LogP contribution in [0, 0.1) is 12.3 Å². The van der Waals surface area contributed by atoms with Crippen molar-refractivity contribution in [2.24, 2.45) is 0 Å². The van der Waals surface area contributed by atoms with Crippen molar-refractivity contribution in [2.75, 3.05) is 25.2 Å². The number of amides is 3. The highest BCUT2D eigenvalue weighted by Crippen LogP contribution is 2.32. The summed E-state index contributed by atoms with van der Waals surface area (Å²) in [6, 6.07) is 4.80. The summed E-state index contributed by atoms with van der Waals surface area (Å²) in [5.74, 6) is 1.78. The van der Waals surface area contributed by atoms with E-state index in [4.69, 9.17) is 15.9 Å². The zero-order chi connectivity index (χ0) is 29.8. The second-order valence-electron chi connectivity index (χ2n) is 10.8. The SMILES string of the molecule is C#Cc1ccccc1C(C(=O)NCCC(=O)OCC)N(C(=O)C(CCSC)NC(=O)OC(C)(C)C)C(C)(C)C. The highest BCUT2D eigenvalue weighted by molar-refractivity contribution is 7.98. The summed E-state index contributed by atoms with van der Waals surface area (Å²) < 4.78 is 10.4. The van der Waals surface area contributed by atoms with Crippen LogP contribution in [0.2, 0.25) is 0 Å². The summed E-state index contributed by atoms with van der Waals surface area (Å²) in [7, 11) is 0. The van der Waals surface area contributed by atoms with Crippen LogP contribution in [0.15, 0.2) is 24.3 Å². The minimum atomic E-state index is -1.14. The topological polar surface area (TPSA) is 114 Å². The molecule has 2 N–H and O–H groups in total. The average molecular weight is 562 g/mol. The predicted octanol–water partition coefficient (Wildman–Crippen LogP) is 4.05.